The highest BCUT2D eigenvalue weighted by Gasteiger charge is 2.16. The molecule has 1 saturated heterocycles. The Bertz CT molecular complexity index is 271. The van der Waals surface area contributed by atoms with Gasteiger partial charge in [0.25, 0.3) is 0 Å². The van der Waals surface area contributed by atoms with Crippen LogP contribution >= 0.6 is 0 Å². The molecule has 15 heavy (non-hydrogen) atoms. The third-order valence-corrected chi connectivity index (χ3v) is 3.61. The fraction of sp³-hybridized carbons (Fsp3) is 1.00. The quantitative estimate of drug-likeness (QED) is 0.635. The summed E-state index contributed by atoms with van der Waals surface area (Å²) in [6, 6.07) is 0. The van der Waals surface area contributed by atoms with Gasteiger partial charge in [0.05, 0.1) is 5.75 Å². The van der Waals surface area contributed by atoms with Crippen LogP contribution < -0.4 is 5.73 Å². The highest BCUT2D eigenvalue weighted by molar-refractivity contribution is 7.90. The van der Waals surface area contributed by atoms with Crippen molar-refractivity contribution >= 4 is 9.84 Å². The maximum Gasteiger partial charge on any atom is 0.148 e. The summed E-state index contributed by atoms with van der Waals surface area (Å²) in [6.07, 6.45) is 1.29. The number of piperazine rings is 1. The molecule has 0 unspecified atom stereocenters. The van der Waals surface area contributed by atoms with Crippen LogP contribution in [0.1, 0.15) is 0 Å². The Hall–Kier alpha value is -0.170. The molecular weight excluding hydrogens is 214 g/mol. The lowest BCUT2D eigenvalue weighted by molar-refractivity contribution is 0.141. The number of hydrogen-bond donors (Lipinski definition) is 1. The zero-order valence-electron chi connectivity index (χ0n) is 9.35. The first-order valence-electron chi connectivity index (χ1n) is 5.34. The minimum absolute atomic E-state index is 0.268. The lowest BCUT2D eigenvalue weighted by Gasteiger charge is -2.34. The Labute approximate surface area is 92.1 Å². The van der Waals surface area contributed by atoms with Crippen molar-refractivity contribution < 1.29 is 8.42 Å². The van der Waals surface area contributed by atoms with Crippen molar-refractivity contribution in [3.05, 3.63) is 0 Å². The van der Waals surface area contributed by atoms with Gasteiger partial charge in [-0.05, 0) is 0 Å². The minimum atomic E-state index is -2.82. The van der Waals surface area contributed by atoms with Gasteiger partial charge in [-0.3, -0.25) is 9.80 Å². The predicted molar refractivity (Wildman–Crippen MR) is 61.6 cm³/mol. The van der Waals surface area contributed by atoms with E-state index in [1.165, 1.54) is 6.26 Å². The molecule has 0 aromatic heterocycles. The molecule has 5 nitrogen and oxygen atoms in total. The van der Waals surface area contributed by atoms with Crippen molar-refractivity contribution in [3.8, 4) is 0 Å². The molecule has 0 spiro atoms. The first kappa shape index (κ1) is 12.9. The van der Waals surface area contributed by atoms with E-state index in [2.05, 4.69) is 9.80 Å². The molecule has 0 amide bonds. The maximum absolute atomic E-state index is 11.0. The third kappa shape index (κ3) is 5.46. The van der Waals surface area contributed by atoms with E-state index in [4.69, 9.17) is 5.73 Å². The van der Waals surface area contributed by atoms with Crippen molar-refractivity contribution in [1.82, 2.24) is 9.80 Å². The molecule has 1 rings (SSSR count). The third-order valence-electron chi connectivity index (χ3n) is 2.69. The smallest absolute Gasteiger partial charge is 0.148 e. The summed E-state index contributed by atoms with van der Waals surface area (Å²) in [6.45, 7) is 6.21. The van der Waals surface area contributed by atoms with Gasteiger partial charge in [0.2, 0.25) is 0 Å². The topological polar surface area (TPSA) is 66.6 Å². The first-order valence-corrected chi connectivity index (χ1v) is 7.40. The summed E-state index contributed by atoms with van der Waals surface area (Å²) in [7, 11) is -2.82. The molecule has 0 atom stereocenters. The van der Waals surface area contributed by atoms with E-state index >= 15 is 0 Å². The van der Waals surface area contributed by atoms with E-state index in [1.54, 1.807) is 0 Å². The van der Waals surface area contributed by atoms with Gasteiger partial charge in [-0.15, -0.1) is 0 Å². The predicted octanol–water partition coefficient (Wildman–Crippen LogP) is -1.39. The Kier molecular flexibility index (Phi) is 4.98. The average molecular weight is 235 g/mol. The van der Waals surface area contributed by atoms with E-state index < -0.39 is 9.84 Å². The Balaban J connectivity index is 2.20. The van der Waals surface area contributed by atoms with E-state index in [9.17, 15) is 8.42 Å². The van der Waals surface area contributed by atoms with Gasteiger partial charge in [0.1, 0.15) is 9.84 Å². The van der Waals surface area contributed by atoms with Gasteiger partial charge in [-0.2, -0.15) is 0 Å². The second-order valence-corrected chi connectivity index (χ2v) is 6.36. The molecule has 1 fully saturated rings. The minimum Gasteiger partial charge on any atom is -0.329 e. The van der Waals surface area contributed by atoms with Crippen LogP contribution in [0.5, 0.6) is 0 Å². The van der Waals surface area contributed by atoms with Crippen molar-refractivity contribution in [2.75, 3.05) is 57.8 Å². The number of hydrogen-bond acceptors (Lipinski definition) is 5. The Morgan fingerprint density at radius 1 is 1.07 bits per heavy atom. The summed E-state index contributed by atoms with van der Waals surface area (Å²) in [5, 5.41) is 0. The molecule has 0 aromatic carbocycles. The van der Waals surface area contributed by atoms with Crippen LogP contribution in [0.4, 0.5) is 0 Å². The van der Waals surface area contributed by atoms with Crippen LogP contribution in [0.25, 0.3) is 0 Å². The molecule has 1 aliphatic rings. The lowest BCUT2D eigenvalue weighted by atomic mass is 10.3. The van der Waals surface area contributed by atoms with Crippen LogP contribution in [0.3, 0.4) is 0 Å². The molecule has 1 aliphatic heterocycles. The number of nitrogens with two attached hydrogens (primary N) is 1. The summed E-state index contributed by atoms with van der Waals surface area (Å²) in [4.78, 5) is 4.52. The van der Waals surface area contributed by atoms with E-state index in [-0.39, 0.29) is 5.75 Å². The summed E-state index contributed by atoms with van der Waals surface area (Å²) < 4.78 is 22.0. The summed E-state index contributed by atoms with van der Waals surface area (Å²) in [5.41, 5.74) is 5.48. The molecule has 0 aromatic rings. The van der Waals surface area contributed by atoms with Crippen LogP contribution in [0.15, 0.2) is 0 Å². The Morgan fingerprint density at radius 3 is 1.93 bits per heavy atom. The number of rotatable bonds is 5. The van der Waals surface area contributed by atoms with Crippen LogP contribution in [-0.2, 0) is 9.84 Å². The van der Waals surface area contributed by atoms with Crippen LogP contribution in [-0.4, -0.2) is 76.0 Å². The van der Waals surface area contributed by atoms with Gasteiger partial charge in [0.15, 0.2) is 0 Å². The van der Waals surface area contributed by atoms with Gasteiger partial charge in [-0.1, -0.05) is 0 Å². The van der Waals surface area contributed by atoms with Crippen molar-refractivity contribution in [2.24, 2.45) is 5.73 Å². The van der Waals surface area contributed by atoms with E-state index in [1.807, 2.05) is 0 Å². The molecule has 90 valence electrons. The fourth-order valence-corrected chi connectivity index (χ4v) is 2.30. The van der Waals surface area contributed by atoms with Crippen molar-refractivity contribution in [1.29, 1.82) is 0 Å². The number of nitrogens with zero attached hydrogens (tertiary/aromatic N) is 2. The zero-order chi connectivity index (χ0) is 11.3. The van der Waals surface area contributed by atoms with Crippen molar-refractivity contribution in [2.45, 2.75) is 0 Å². The SMILES string of the molecule is CS(=O)(=O)CCN1CCN(CCN)CC1. The zero-order valence-corrected chi connectivity index (χ0v) is 10.2. The summed E-state index contributed by atoms with van der Waals surface area (Å²) >= 11 is 0. The van der Waals surface area contributed by atoms with Crippen molar-refractivity contribution in [3.63, 3.8) is 0 Å². The Morgan fingerprint density at radius 2 is 1.53 bits per heavy atom. The van der Waals surface area contributed by atoms with Gasteiger partial charge >= 0.3 is 0 Å². The van der Waals surface area contributed by atoms with Gasteiger partial charge in [-0.25, -0.2) is 8.42 Å². The van der Waals surface area contributed by atoms with E-state index in [0.29, 0.717) is 13.1 Å². The fourth-order valence-electron chi connectivity index (χ4n) is 1.71. The molecule has 0 saturated carbocycles. The van der Waals surface area contributed by atoms with Gasteiger partial charge < -0.3 is 5.73 Å². The molecule has 1 heterocycles. The highest BCUT2D eigenvalue weighted by atomic mass is 32.2. The largest absolute Gasteiger partial charge is 0.329 e. The van der Waals surface area contributed by atoms with Gasteiger partial charge in [0, 0.05) is 52.1 Å². The molecular formula is C9H21N3O2S. The lowest BCUT2D eigenvalue weighted by Crippen LogP contribution is -2.48. The normalized spacial score (nSPS) is 20.7. The molecule has 0 radical (unpaired) electrons. The highest BCUT2D eigenvalue weighted by Crippen LogP contribution is 2.01. The maximum atomic E-state index is 11.0. The monoisotopic (exact) mass is 235 g/mol. The first-order chi connectivity index (χ1) is 7.01. The summed E-state index contributed by atoms with van der Waals surface area (Å²) in [5.74, 6) is 0.268. The molecule has 0 bridgehead atoms. The molecule has 6 heteroatoms. The number of sulfone groups is 1. The van der Waals surface area contributed by atoms with E-state index in [0.717, 1.165) is 32.7 Å². The molecule has 2 N–H and O–H groups in total. The van der Waals surface area contributed by atoms with Crippen LogP contribution in [0, 0.1) is 0 Å². The standard InChI is InChI=1S/C9H21N3O2S/c1-15(13,14)9-8-12-6-4-11(3-2-10)5-7-12/h2-10H2,1H3. The second-order valence-electron chi connectivity index (χ2n) is 4.10. The average Bonchev–Trinajstić information content (AvgIpc) is 2.16. The van der Waals surface area contributed by atoms with Crippen LogP contribution in [0.2, 0.25) is 0 Å². The molecule has 0 aliphatic carbocycles. The second kappa shape index (κ2) is 5.79.